The Hall–Kier alpha value is -2.05. The molecule has 0 atom stereocenters. The van der Waals surface area contributed by atoms with Gasteiger partial charge < -0.3 is 9.80 Å². The number of anilines is 1. The number of amides is 1. The minimum atomic E-state index is 0.230. The maximum Gasteiger partial charge on any atom is 0.227 e. The molecule has 0 bridgehead atoms. The van der Waals surface area contributed by atoms with Gasteiger partial charge in [0.15, 0.2) is 5.13 Å². The second kappa shape index (κ2) is 8.36. The maximum absolute atomic E-state index is 12.9. The number of hydrogen-bond donors (Lipinski definition) is 0. The van der Waals surface area contributed by atoms with Crippen LogP contribution >= 0.6 is 23.1 Å². The van der Waals surface area contributed by atoms with Crippen LogP contribution in [0.25, 0.3) is 10.2 Å². The molecular weight excluding hydrogens is 398 g/mol. The highest BCUT2D eigenvalue weighted by Gasteiger charge is 2.24. The Morgan fingerprint density at radius 1 is 1.10 bits per heavy atom. The molecule has 1 aliphatic heterocycles. The van der Waals surface area contributed by atoms with Crippen molar-refractivity contribution in [1.29, 1.82) is 0 Å². The summed E-state index contributed by atoms with van der Waals surface area (Å²) < 4.78 is 1.23. The van der Waals surface area contributed by atoms with Gasteiger partial charge in [-0.2, -0.15) is 0 Å². The van der Waals surface area contributed by atoms with Crippen LogP contribution in [-0.4, -0.2) is 48.2 Å². The average molecular weight is 426 g/mol. The first-order valence-electron chi connectivity index (χ1n) is 9.99. The fourth-order valence-corrected chi connectivity index (χ4v) is 5.78. The smallest absolute Gasteiger partial charge is 0.227 e. The fraction of sp³-hybridized carbons (Fsp3) is 0.391. The minimum absolute atomic E-state index is 0.230. The number of aryl methyl sites for hydroxylation is 3. The Morgan fingerprint density at radius 3 is 2.45 bits per heavy atom. The third-order valence-corrected chi connectivity index (χ3v) is 7.51. The quantitative estimate of drug-likeness (QED) is 0.561. The van der Waals surface area contributed by atoms with E-state index in [2.05, 4.69) is 62.3 Å². The van der Waals surface area contributed by atoms with Gasteiger partial charge in [0.2, 0.25) is 5.91 Å². The molecule has 29 heavy (non-hydrogen) atoms. The molecule has 0 unspecified atom stereocenters. The van der Waals surface area contributed by atoms with Crippen LogP contribution in [0, 0.1) is 20.8 Å². The van der Waals surface area contributed by atoms with Crippen LogP contribution in [0.5, 0.6) is 0 Å². The molecule has 1 fully saturated rings. The summed E-state index contributed by atoms with van der Waals surface area (Å²) in [6, 6.07) is 10.7. The molecule has 2 heterocycles. The van der Waals surface area contributed by atoms with E-state index in [4.69, 9.17) is 4.98 Å². The second-order valence-corrected chi connectivity index (χ2v) is 9.58. The highest BCUT2D eigenvalue weighted by molar-refractivity contribution is 7.98. The van der Waals surface area contributed by atoms with Crippen LogP contribution in [0.4, 0.5) is 5.13 Å². The predicted octanol–water partition coefficient (Wildman–Crippen LogP) is 4.83. The molecule has 0 radical (unpaired) electrons. The summed E-state index contributed by atoms with van der Waals surface area (Å²) in [7, 11) is 0. The zero-order valence-electron chi connectivity index (χ0n) is 17.5. The predicted molar refractivity (Wildman–Crippen MR) is 125 cm³/mol. The normalized spacial score (nSPS) is 14.6. The molecule has 1 aromatic heterocycles. The van der Waals surface area contributed by atoms with Crippen LogP contribution in [0.1, 0.15) is 22.3 Å². The van der Waals surface area contributed by atoms with E-state index in [0.717, 1.165) is 36.8 Å². The first-order chi connectivity index (χ1) is 14.0. The van der Waals surface area contributed by atoms with Gasteiger partial charge in [0.1, 0.15) is 0 Å². The summed E-state index contributed by atoms with van der Waals surface area (Å²) in [5, 5.41) is 1.07. The highest BCUT2D eigenvalue weighted by atomic mass is 32.2. The number of carbonyl (C=O) groups is 1. The summed E-state index contributed by atoms with van der Waals surface area (Å²) in [6.07, 6.45) is 2.59. The lowest BCUT2D eigenvalue weighted by Crippen LogP contribution is -2.49. The third-order valence-electron chi connectivity index (χ3n) is 5.66. The average Bonchev–Trinajstić information content (AvgIpc) is 3.15. The van der Waals surface area contributed by atoms with Gasteiger partial charge in [-0.15, -0.1) is 11.8 Å². The van der Waals surface area contributed by atoms with Crippen molar-refractivity contribution in [3.8, 4) is 0 Å². The second-order valence-electron chi connectivity index (χ2n) is 7.73. The Balaban J connectivity index is 1.42. The Morgan fingerprint density at radius 2 is 1.79 bits per heavy atom. The minimum Gasteiger partial charge on any atom is -0.345 e. The van der Waals surface area contributed by atoms with Gasteiger partial charge in [-0.3, -0.25) is 4.79 Å². The van der Waals surface area contributed by atoms with Crippen molar-refractivity contribution in [2.45, 2.75) is 32.1 Å². The zero-order valence-corrected chi connectivity index (χ0v) is 19.1. The first-order valence-corrected chi connectivity index (χ1v) is 12.0. The number of carbonyl (C=O) groups excluding carboxylic acids is 1. The van der Waals surface area contributed by atoms with Crippen molar-refractivity contribution in [3.63, 3.8) is 0 Å². The molecule has 1 amide bonds. The summed E-state index contributed by atoms with van der Waals surface area (Å²) >= 11 is 3.49. The fourth-order valence-electron chi connectivity index (χ4n) is 4.11. The number of hydrogen-bond acceptors (Lipinski definition) is 5. The molecule has 0 spiro atoms. The molecule has 152 valence electrons. The van der Waals surface area contributed by atoms with E-state index in [1.54, 1.807) is 23.1 Å². The molecule has 2 aromatic carbocycles. The Labute approximate surface area is 180 Å². The van der Waals surface area contributed by atoms with E-state index in [1.807, 2.05) is 4.90 Å². The maximum atomic E-state index is 12.9. The number of rotatable bonds is 4. The van der Waals surface area contributed by atoms with Crippen molar-refractivity contribution in [2.24, 2.45) is 0 Å². The number of para-hydroxylation sites is 1. The van der Waals surface area contributed by atoms with Crippen LogP contribution in [-0.2, 0) is 11.2 Å². The van der Waals surface area contributed by atoms with E-state index < -0.39 is 0 Å². The van der Waals surface area contributed by atoms with Gasteiger partial charge in [0, 0.05) is 31.1 Å². The molecule has 0 aliphatic carbocycles. The lowest BCUT2D eigenvalue weighted by atomic mass is 9.97. The van der Waals surface area contributed by atoms with E-state index in [-0.39, 0.29) is 5.91 Å². The molecule has 4 rings (SSSR count). The number of fused-ring (bicyclic) bond motifs is 1. The summed E-state index contributed by atoms with van der Waals surface area (Å²) in [5.41, 5.74) is 5.97. The molecule has 3 aromatic rings. The van der Waals surface area contributed by atoms with Crippen LogP contribution in [0.15, 0.2) is 35.2 Å². The largest absolute Gasteiger partial charge is 0.345 e. The summed E-state index contributed by atoms with van der Waals surface area (Å²) in [6.45, 7) is 9.52. The van der Waals surface area contributed by atoms with Crippen LogP contribution in [0.3, 0.4) is 0 Å². The molecule has 1 saturated heterocycles. The van der Waals surface area contributed by atoms with Gasteiger partial charge >= 0.3 is 0 Å². The van der Waals surface area contributed by atoms with Crippen LogP contribution in [0.2, 0.25) is 0 Å². The highest BCUT2D eigenvalue weighted by Crippen LogP contribution is 2.34. The van der Waals surface area contributed by atoms with Crippen molar-refractivity contribution < 1.29 is 4.79 Å². The molecule has 0 saturated carbocycles. The lowest BCUT2D eigenvalue weighted by molar-refractivity contribution is -0.130. The zero-order chi connectivity index (χ0) is 20.5. The van der Waals surface area contributed by atoms with E-state index in [9.17, 15) is 4.79 Å². The molecule has 0 N–H and O–H groups in total. The van der Waals surface area contributed by atoms with E-state index >= 15 is 0 Å². The number of nitrogens with zero attached hydrogens (tertiary/aromatic N) is 3. The number of thioether (sulfide) groups is 1. The molecule has 4 nitrogen and oxygen atoms in total. The monoisotopic (exact) mass is 425 g/mol. The topological polar surface area (TPSA) is 36.4 Å². The summed E-state index contributed by atoms with van der Waals surface area (Å²) in [4.78, 5) is 23.4. The molecule has 1 aliphatic rings. The van der Waals surface area contributed by atoms with Gasteiger partial charge in [0.25, 0.3) is 0 Å². The Kier molecular flexibility index (Phi) is 5.83. The van der Waals surface area contributed by atoms with Gasteiger partial charge in [-0.1, -0.05) is 35.1 Å². The van der Waals surface area contributed by atoms with Crippen molar-refractivity contribution in [2.75, 3.05) is 37.3 Å². The number of piperazine rings is 1. The number of benzene rings is 2. The van der Waals surface area contributed by atoms with E-state index in [0.29, 0.717) is 6.42 Å². The van der Waals surface area contributed by atoms with Crippen molar-refractivity contribution >= 4 is 44.4 Å². The third kappa shape index (κ3) is 4.14. The lowest BCUT2D eigenvalue weighted by Gasteiger charge is -2.34. The van der Waals surface area contributed by atoms with Crippen molar-refractivity contribution in [3.05, 3.63) is 52.6 Å². The first kappa shape index (κ1) is 20.2. The van der Waals surface area contributed by atoms with Crippen molar-refractivity contribution in [1.82, 2.24) is 9.88 Å². The summed E-state index contributed by atoms with van der Waals surface area (Å²) in [5.74, 6) is 0.230. The standard InChI is InChI=1S/C23H27N3OS2/c1-15-12-16(2)18(17(3)13-15)14-21(27)25-8-10-26(11-9-25)23-24-22-19(28-4)6-5-7-20(22)29-23/h5-7,12-13H,8-11,14H2,1-4H3. The number of aromatic nitrogens is 1. The van der Waals surface area contributed by atoms with Gasteiger partial charge in [-0.05, 0) is 55.9 Å². The molecule has 6 heteroatoms. The number of thiazole rings is 1. The SMILES string of the molecule is CSc1cccc2sc(N3CCN(C(=O)Cc4c(C)cc(C)cc4C)CC3)nc12. The van der Waals surface area contributed by atoms with E-state index in [1.165, 1.54) is 31.8 Å². The Bertz CT molecular complexity index is 1030. The van der Waals surface area contributed by atoms with Gasteiger partial charge in [-0.25, -0.2) is 4.98 Å². The van der Waals surface area contributed by atoms with Crippen LogP contribution < -0.4 is 4.90 Å². The molecular formula is C23H27N3OS2. The van der Waals surface area contributed by atoms with Gasteiger partial charge in [0.05, 0.1) is 16.6 Å².